The Bertz CT molecular complexity index is 640. The molecule has 0 radical (unpaired) electrons. The van der Waals surface area contributed by atoms with E-state index in [-0.39, 0.29) is 10.9 Å². The maximum atomic E-state index is 11.9. The van der Waals surface area contributed by atoms with Crippen LogP contribution in [0.1, 0.15) is 6.42 Å². The molecule has 20 heavy (non-hydrogen) atoms. The summed E-state index contributed by atoms with van der Waals surface area (Å²) in [5, 5.41) is 12.0. The van der Waals surface area contributed by atoms with Crippen molar-refractivity contribution >= 4 is 21.7 Å². The second kappa shape index (κ2) is 5.64. The summed E-state index contributed by atoms with van der Waals surface area (Å²) in [5.41, 5.74) is 0.461. The predicted octanol–water partition coefficient (Wildman–Crippen LogP) is 1.04. The standard InChI is InChI=1S/C13H16N2O4S/c1-14-20(18,19)12-5-3-2-4-11(12)15-10-7-6-9(8-10)13(16)17/h2-7,9-10,14-15H,8H2,1H3,(H,16,17). The number of para-hydroxylation sites is 1. The number of carboxylic acids is 1. The summed E-state index contributed by atoms with van der Waals surface area (Å²) in [4.78, 5) is 11.0. The van der Waals surface area contributed by atoms with Gasteiger partial charge in [-0.15, -0.1) is 0 Å². The normalized spacial score (nSPS) is 21.9. The minimum atomic E-state index is -3.55. The highest BCUT2D eigenvalue weighted by atomic mass is 32.2. The first-order valence-electron chi connectivity index (χ1n) is 6.14. The number of nitrogens with one attached hydrogen (secondary N) is 2. The van der Waals surface area contributed by atoms with Crippen LogP contribution < -0.4 is 10.0 Å². The Kier molecular flexibility index (Phi) is 4.10. The molecule has 0 saturated heterocycles. The molecule has 0 spiro atoms. The van der Waals surface area contributed by atoms with E-state index in [1.54, 1.807) is 30.4 Å². The van der Waals surface area contributed by atoms with E-state index in [4.69, 9.17) is 5.11 Å². The molecule has 0 heterocycles. The summed E-state index contributed by atoms with van der Waals surface area (Å²) in [7, 11) is -2.20. The zero-order valence-electron chi connectivity index (χ0n) is 10.9. The molecule has 7 heteroatoms. The monoisotopic (exact) mass is 296 g/mol. The van der Waals surface area contributed by atoms with Gasteiger partial charge in [-0.2, -0.15) is 0 Å². The van der Waals surface area contributed by atoms with Crippen LogP contribution >= 0.6 is 0 Å². The van der Waals surface area contributed by atoms with E-state index in [2.05, 4.69) is 10.0 Å². The molecule has 0 aliphatic heterocycles. The van der Waals surface area contributed by atoms with Gasteiger partial charge in [0.2, 0.25) is 10.0 Å². The minimum Gasteiger partial charge on any atom is -0.481 e. The van der Waals surface area contributed by atoms with Gasteiger partial charge in [-0.3, -0.25) is 4.79 Å². The van der Waals surface area contributed by atoms with Crippen LogP contribution in [0.4, 0.5) is 5.69 Å². The van der Waals surface area contributed by atoms with E-state index in [1.165, 1.54) is 13.1 Å². The summed E-state index contributed by atoms with van der Waals surface area (Å²) in [5.74, 6) is -1.40. The summed E-state index contributed by atoms with van der Waals surface area (Å²) in [6.07, 6.45) is 3.78. The smallest absolute Gasteiger partial charge is 0.310 e. The van der Waals surface area contributed by atoms with Crippen molar-refractivity contribution < 1.29 is 18.3 Å². The summed E-state index contributed by atoms with van der Waals surface area (Å²) in [6, 6.07) is 6.34. The Morgan fingerprint density at radius 3 is 2.60 bits per heavy atom. The van der Waals surface area contributed by atoms with Crippen LogP contribution in [0.25, 0.3) is 0 Å². The fraction of sp³-hybridized carbons (Fsp3) is 0.308. The van der Waals surface area contributed by atoms with Crippen molar-refractivity contribution in [3.8, 4) is 0 Å². The highest BCUT2D eigenvalue weighted by Gasteiger charge is 2.25. The zero-order chi connectivity index (χ0) is 14.8. The Labute approximate surface area is 117 Å². The van der Waals surface area contributed by atoms with E-state index in [0.29, 0.717) is 12.1 Å². The fourth-order valence-electron chi connectivity index (χ4n) is 2.12. The third kappa shape index (κ3) is 3.00. The molecule has 3 N–H and O–H groups in total. The second-order valence-corrected chi connectivity index (χ2v) is 6.37. The summed E-state index contributed by atoms with van der Waals surface area (Å²) in [6.45, 7) is 0. The first-order chi connectivity index (χ1) is 9.44. The maximum Gasteiger partial charge on any atom is 0.310 e. The number of carboxylic acid groups (broad SMARTS) is 1. The van der Waals surface area contributed by atoms with E-state index in [0.717, 1.165) is 0 Å². The van der Waals surface area contributed by atoms with Gasteiger partial charge in [-0.05, 0) is 25.6 Å². The molecular formula is C13H16N2O4S. The first-order valence-corrected chi connectivity index (χ1v) is 7.62. The predicted molar refractivity (Wildman–Crippen MR) is 75.0 cm³/mol. The molecule has 1 aromatic carbocycles. The van der Waals surface area contributed by atoms with Crippen molar-refractivity contribution in [2.75, 3.05) is 12.4 Å². The average molecular weight is 296 g/mol. The third-order valence-corrected chi connectivity index (χ3v) is 4.66. The zero-order valence-corrected chi connectivity index (χ0v) is 11.7. The minimum absolute atomic E-state index is 0.148. The van der Waals surface area contributed by atoms with Crippen molar-refractivity contribution in [2.45, 2.75) is 17.4 Å². The number of carbonyl (C=O) groups is 1. The number of anilines is 1. The van der Waals surface area contributed by atoms with Gasteiger partial charge in [0, 0.05) is 6.04 Å². The van der Waals surface area contributed by atoms with Gasteiger partial charge >= 0.3 is 5.97 Å². The van der Waals surface area contributed by atoms with Gasteiger partial charge in [-0.1, -0.05) is 24.3 Å². The fourth-order valence-corrected chi connectivity index (χ4v) is 3.01. The lowest BCUT2D eigenvalue weighted by Crippen LogP contribution is -2.23. The Hall–Kier alpha value is -1.86. The molecule has 2 rings (SSSR count). The molecular weight excluding hydrogens is 280 g/mol. The van der Waals surface area contributed by atoms with E-state index < -0.39 is 21.9 Å². The Balaban J connectivity index is 2.20. The van der Waals surface area contributed by atoms with Gasteiger partial charge in [0.1, 0.15) is 4.90 Å². The second-order valence-electron chi connectivity index (χ2n) is 4.52. The van der Waals surface area contributed by atoms with Gasteiger partial charge in [0.05, 0.1) is 11.6 Å². The van der Waals surface area contributed by atoms with Crippen LogP contribution in [0, 0.1) is 5.92 Å². The lowest BCUT2D eigenvalue weighted by atomic mass is 10.1. The molecule has 0 saturated carbocycles. The molecule has 1 aliphatic carbocycles. The van der Waals surface area contributed by atoms with Crippen LogP contribution in [-0.2, 0) is 14.8 Å². The van der Waals surface area contributed by atoms with Crippen molar-refractivity contribution in [1.29, 1.82) is 0 Å². The topological polar surface area (TPSA) is 95.5 Å². The number of benzene rings is 1. The highest BCUT2D eigenvalue weighted by molar-refractivity contribution is 7.89. The third-order valence-electron chi connectivity index (χ3n) is 3.19. The van der Waals surface area contributed by atoms with Gasteiger partial charge in [0.15, 0.2) is 0 Å². The average Bonchev–Trinajstić information content (AvgIpc) is 2.88. The molecule has 0 fully saturated rings. The lowest BCUT2D eigenvalue weighted by Gasteiger charge is -2.16. The maximum absolute atomic E-state index is 11.9. The van der Waals surface area contributed by atoms with Crippen molar-refractivity contribution in [3.63, 3.8) is 0 Å². The molecule has 6 nitrogen and oxygen atoms in total. The number of rotatable bonds is 5. The number of aliphatic carboxylic acids is 1. The van der Waals surface area contributed by atoms with E-state index in [9.17, 15) is 13.2 Å². The number of sulfonamides is 1. The van der Waals surface area contributed by atoms with Gasteiger partial charge in [0.25, 0.3) is 0 Å². The first kappa shape index (κ1) is 14.5. The molecule has 1 aromatic rings. The number of hydrogen-bond acceptors (Lipinski definition) is 4. The summed E-state index contributed by atoms with van der Waals surface area (Å²) < 4.78 is 26.1. The molecule has 108 valence electrons. The Morgan fingerprint density at radius 2 is 2.00 bits per heavy atom. The van der Waals surface area contributed by atoms with Crippen LogP contribution in [0.5, 0.6) is 0 Å². The van der Waals surface area contributed by atoms with Crippen molar-refractivity contribution in [3.05, 3.63) is 36.4 Å². The highest BCUT2D eigenvalue weighted by Crippen LogP contribution is 2.26. The SMILES string of the molecule is CNS(=O)(=O)c1ccccc1NC1C=CC(C(=O)O)C1. The van der Waals surface area contributed by atoms with Crippen LogP contribution in [0.3, 0.4) is 0 Å². The molecule has 0 bridgehead atoms. The quantitative estimate of drug-likeness (QED) is 0.706. The molecule has 2 unspecified atom stereocenters. The van der Waals surface area contributed by atoms with Gasteiger partial charge < -0.3 is 10.4 Å². The molecule has 0 amide bonds. The largest absolute Gasteiger partial charge is 0.481 e. The van der Waals surface area contributed by atoms with Crippen molar-refractivity contribution in [2.24, 2.45) is 5.92 Å². The van der Waals surface area contributed by atoms with Crippen molar-refractivity contribution in [1.82, 2.24) is 4.72 Å². The Morgan fingerprint density at radius 1 is 1.30 bits per heavy atom. The van der Waals surface area contributed by atoms with Crippen LogP contribution in [0.2, 0.25) is 0 Å². The molecule has 2 atom stereocenters. The van der Waals surface area contributed by atoms with Crippen LogP contribution in [-0.4, -0.2) is 32.6 Å². The van der Waals surface area contributed by atoms with Crippen LogP contribution in [0.15, 0.2) is 41.3 Å². The number of hydrogen-bond donors (Lipinski definition) is 3. The van der Waals surface area contributed by atoms with E-state index >= 15 is 0 Å². The lowest BCUT2D eigenvalue weighted by molar-refractivity contribution is -0.140. The van der Waals surface area contributed by atoms with E-state index in [1.807, 2.05) is 0 Å². The van der Waals surface area contributed by atoms with Gasteiger partial charge in [-0.25, -0.2) is 13.1 Å². The molecule has 0 aromatic heterocycles. The summed E-state index contributed by atoms with van der Waals surface area (Å²) >= 11 is 0. The molecule has 1 aliphatic rings.